The zero-order chi connectivity index (χ0) is 13.3. The van der Waals surface area contributed by atoms with Gasteiger partial charge in [-0.1, -0.05) is 15.9 Å². The smallest absolute Gasteiger partial charge is 0.119 e. The van der Waals surface area contributed by atoms with Gasteiger partial charge in [-0.15, -0.1) is 0 Å². The number of hydrogen-bond donors (Lipinski definition) is 1. The van der Waals surface area contributed by atoms with Crippen molar-refractivity contribution in [1.29, 1.82) is 0 Å². The minimum atomic E-state index is 0.820. The first kappa shape index (κ1) is 14.8. The summed E-state index contributed by atoms with van der Waals surface area (Å²) in [7, 11) is 0. The van der Waals surface area contributed by atoms with Crippen LogP contribution in [0, 0.1) is 0 Å². The van der Waals surface area contributed by atoms with Crippen molar-refractivity contribution in [2.24, 2.45) is 0 Å². The summed E-state index contributed by atoms with van der Waals surface area (Å²) < 4.78 is 12.2. The maximum atomic E-state index is 5.71. The van der Waals surface area contributed by atoms with Crippen LogP contribution in [0.2, 0.25) is 0 Å². The van der Waals surface area contributed by atoms with E-state index in [4.69, 9.17) is 9.47 Å². The molecule has 0 atom stereocenters. The second-order valence-electron chi connectivity index (χ2n) is 4.98. The highest BCUT2D eigenvalue weighted by Crippen LogP contribution is 2.16. The Morgan fingerprint density at radius 1 is 1.05 bits per heavy atom. The van der Waals surface area contributed by atoms with Crippen LogP contribution in [0.25, 0.3) is 0 Å². The lowest BCUT2D eigenvalue weighted by molar-refractivity contribution is -0.908. The SMILES string of the molecule is Brc1ccc(OCCCCC[NH+]2CCOCC2)cc1. The predicted octanol–water partition coefficient (Wildman–Crippen LogP) is 1.91. The molecule has 0 bridgehead atoms. The standard InChI is InChI=1S/C15H22BrNO2/c16-14-4-6-15(7-5-14)19-11-3-1-2-8-17-9-12-18-13-10-17/h4-7H,1-3,8-13H2/p+1. The molecule has 1 aromatic rings. The molecule has 2 rings (SSSR count). The van der Waals surface area contributed by atoms with Crippen LogP contribution < -0.4 is 9.64 Å². The Kier molecular flexibility index (Phi) is 6.68. The first-order valence-electron chi connectivity index (χ1n) is 7.14. The molecule has 3 nitrogen and oxygen atoms in total. The molecule has 0 saturated carbocycles. The second kappa shape index (κ2) is 8.56. The van der Waals surface area contributed by atoms with Crippen LogP contribution >= 0.6 is 15.9 Å². The van der Waals surface area contributed by atoms with Crippen LogP contribution in [-0.4, -0.2) is 39.5 Å². The van der Waals surface area contributed by atoms with Crippen molar-refractivity contribution in [2.45, 2.75) is 19.3 Å². The van der Waals surface area contributed by atoms with Gasteiger partial charge in [-0.2, -0.15) is 0 Å². The number of morpholine rings is 1. The molecule has 1 aliphatic heterocycles. The van der Waals surface area contributed by atoms with E-state index < -0.39 is 0 Å². The van der Waals surface area contributed by atoms with Gasteiger partial charge in [0.1, 0.15) is 18.8 Å². The van der Waals surface area contributed by atoms with Crippen molar-refractivity contribution in [3.05, 3.63) is 28.7 Å². The number of ether oxygens (including phenoxy) is 2. The fraction of sp³-hybridized carbons (Fsp3) is 0.600. The summed E-state index contributed by atoms with van der Waals surface area (Å²) in [6.07, 6.45) is 3.68. The number of rotatable bonds is 7. The minimum Gasteiger partial charge on any atom is -0.494 e. The third-order valence-corrected chi connectivity index (χ3v) is 3.99. The van der Waals surface area contributed by atoms with E-state index in [9.17, 15) is 0 Å². The number of nitrogens with one attached hydrogen (secondary N) is 1. The third kappa shape index (κ3) is 5.93. The van der Waals surface area contributed by atoms with Crippen molar-refractivity contribution in [3.8, 4) is 5.75 Å². The quantitative estimate of drug-likeness (QED) is 0.773. The lowest BCUT2D eigenvalue weighted by Gasteiger charge is -2.23. The van der Waals surface area contributed by atoms with Crippen LogP contribution in [0.15, 0.2) is 28.7 Å². The Hall–Kier alpha value is -0.580. The normalized spacial score (nSPS) is 16.5. The molecule has 0 unspecified atom stereocenters. The van der Waals surface area contributed by atoms with Gasteiger partial charge in [0.2, 0.25) is 0 Å². The van der Waals surface area contributed by atoms with Crippen molar-refractivity contribution >= 4 is 15.9 Å². The number of hydrogen-bond acceptors (Lipinski definition) is 2. The highest BCUT2D eigenvalue weighted by atomic mass is 79.9. The third-order valence-electron chi connectivity index (χ3n) is 3.46. The average Bonchev–Trinajstić information content (AvgIpc) is 2.46. The summed E-state index contributed by atoms with van der Waals surface area (Å²) in [6.45, 7) is 6.32. The molecule has 0 radical (unpaired) electrons. The summed E-state index contributed by atoms with van der Waals surface area (Å²) in [5.41, 5.74) is 0. The first-order chi connectivity index (χ1) is 9.34. The lowest BCUT2D eigenvalue weighted by atomic mass is 10.2. The fourth-order valence-corrected chi connectivity index (χ4v) is 2.55. The van der Waals surface area contributed by atoms with Gasteiger partial charge in [-0.3, -0.25) is 0 Å². The van der Waals surface area contributed by atoms with E-state index in [1.807, 2.05) is 24.3 Å². The molecule has 1 saturated heterocycles. The van der Waals surface area contributed by atoms with Gasteiger partial charge in [0.15, 0.2) is 0 Å². The average molecular weight is 329 g/mol. The van der Waals surface area contributed by atoms with Gasteiger partial charge in [0.05, 0.1) is 26.4 Å². The molecular formula is C15H23BrNO2+. The molecule has 0 aliphatic carbocycles. The molecule has 1 fully saturated rings. The minimum absolute atomic E-state index is 0.820. The molecule has 1 N–H and O–H groups in total. The number of benzene rings is 1. The van der Waals surface area contributed by atoms with Crippen molar-refractivity contribution < 1.29 is 14.4 Å². The Labute approximate surface area is 124 Å². The van der Waals surface area contributed by atoms with E-state index >= 15 is 0 Å². The highest BCUT2D eigenvalue weighted by Gasteiger charge is 2.12. The van der Waals surface area contributed by atoms with Gasteiger partial charge >= 0.3 is 0 Å². The van der Waals surface area contributed by atoms with Crippen LogP contribution in [-0.2, 0) is 4.74 Å². The molecule has 1 aromatic carbocycles. The van der Waals surface area contributed by atoms with Gasteiger partial charge < -0.3 is 14.4 Å². The van der Waals surface area contributed by atoms with Gasteiger partial charge in [-0.05, 0) is 43.5 Å². The van der Waals surface area contributed by atoms with Gasteiger partial charge in [-0.25, -0.2) is 0 Å². The molecule has 19 heavy (non-hydrogen) atoms. The summed E-state index contributed by atoms with van der Waals surface area (Å²) in [4.78, 5) is 1.69. The Morgan fingerprint density at radius 3 is 2.53 bits per heavy atom. The molecule has 1 heterocycles. The Bertz CT molecular complexity index is 350. The number of quaternary nitrogens is 1. The second-order valence-corrected chi connectivity index (χ2v) is 5.89. The fourth-order valence-electron chi connectivity index (χ4n) is 2.28. The topological polar surface area (TPSA) is 22.9 Å². The van der Waals surface area contributed by atoms with E-state index in [2.05, 4.69) is 15.9 Å². The van der Waals surface area contributed by atoms with Crippen LogP contribution in [0.3, 0.4) is 0 Å². The lowest BCUT2D eigenvalue weighted by Crippen LogP contribution is -3.14. The van der Waals surface area contributed by atoms with Crippen LogP contribution in [0.4, 0.5) is 0 Å². The summed E-state index contributed by atoms with van der Waals surface area (Å²) in [6, 6.07) is 8.03. The zero-order valence-electron chi connectivity index (χ0n) is 11.4. The first-order valence-corrected chi connectivity index (χ1v) is 7.93. The van der Waals surface area contributed by atoms with E-state index in [0.717, 1.165) is 36.5 Å². The van der Waals surface area contributed by atoms with Crippen molar-refractivity contribution in [2.75, 3.05) is 39.5 Å². The van der Waals surface area contributed by atoms with E-state index in [0.29, 0.717) is 0 Å². The highest BCUT2D eigenvalue weighted by molar-refractivity contribution is 9.10. The van der Waals surface area contributed by atoms with Crippen molar-refractivity contribution in [3.63, 3.8) is 0 Å². The zero-order valence-corrected chi connectivity index (χ0v) is 13.0. The van der Waals surface area contributed by atoms with Gasteiger partial charge in [0.25, 0.3) is 0 Å². The summed E-state index contributed by atoms with van der Waals surface area (Å²) in [5, 5.41) is 0. The molecule has 0 amide bonds. The van der Waals surface area contributed by atoms with E-state index in [1.54, 1.807) is 4.90 Å². The molecular weight excluding hydrogens is 306 g/mol. The van der Waals surface area contributed by atoms with Crippen LogP contribution in [0.5, 0.6) is 5.75 Å². The maximum Gasteiger partial charge on any atom is 0.119 e. The van der Waals surface area contributed by atoms with E-state index in [-0.39, 0.29) is 0 Å². The monoisotopic (exact) mass is 328 g/mol. The molecule has 4 heteroatoms. The Morgan fingerprint density at radius 2 is 1.79 bits per heavy atom. The summed E-state index contributed by atoms with van der Waals surface area (Å²) in [5.74, 6) is 0.960. The van der Waals surface area contributed by atoms with Gasteiger partial charge in [0, 0.05) is 4.47 Å². The molecule has 0 aromatic heterocycles. The summed E-state index contributed by atoms with van der Waals surface area (Å²) >= 11 is 3.42. The largest absolute Gasteiger partial charge is 0.494 e. The van der Waals surface area contributed by atoms with Crippen molar-refractivity contribution in [1.82, 2.24) is 0 Å². The number of unbranched alkanes of at least 4 members (excludes halogenated alkanes) is 2. The Balaban J connectivity index is 1.49. The molecule has 1 aliphatic rings. The van der Waals surface area contributed by atoms with E-state index in [1.165, 1.54) is 32.5 Å². The number of halogens is 1. The molecule has 0 spiro atoms. The van der Waals surface area contributed by atoms with Crippen LogP contribution in [0.1, 0.15) is 19.3 Å². The molecule has 106 valence electrons. The predicted molar refractivity (Wildman–Crippen MR) is 79.9 cm³/mol. The maximum absolute atomic E-state index is 5.71.